The molecule has 6 heteroatoms. The Balaban J connectivity index is 2.11. The van der Waals surface area contributed by atoms with Crippen LogP contribution in [0.3, 0.4) is 0 Å². The summed E-state index contributed by atoms with van der Waals surface area (Å²) in [7, 11) is 0. The number of carbonyl (C=O) groups is 2. The minimum atomic E-state index is -0.531. The summed E-state index contributed by atoms with van der Waals surface area (Å²) in [5.41, 5.74) is 1.18. The van der Waals surface area contributed by atoms with Gasteiger partial charge in [0.1, 0.15) is 0 Å². The molecule has 0 radical (unpaired) electrons. The van der Waals surface area contributed by atoms with Crippen LogP contribution in [0.25, 0.3) is 0 Å². The van der Waals surface area contributed by atoms with Gasteiger partial charge in [0.05, 0.1) is 21.7 Å². The third-order valence-corrected chi connectivity index (χ3v) is 3.44. The number of aryl methyl sites for hydroxylation is 1. The van der Waals surface area contributed by atoms with Gasteiger partial charge in [0, 0.05) is 11.6 Å². The summed E-state index contributed by atoms with van der Waals surface area (Å²) in [6.07, 6.45) is 0. The Labute approximate surface area is 119 Å². The minimum Gasteiger partial charge on any atom is -0.268 e. The van der Waals surface area contributed by atoms with Crippen LogP contribution in [-0.2, 0) is 0 Å². The van der Waals surface area contributed by atoms with Gasteiger partial charge in [-0.1, -0.05) is 18.2 Å². The van der Waals surface area contributed by atoms with E-state index in [1.54, 1.807) is 31.2 Å². The van der Waals surface area contributed by atoms with E-state index in [1.807, 2.05) is 0 Å². The molecular weight excluding hydrogens is 272 g/mol. The Morgan fingerprint density at radius 1 is 1.00 bits per heavy atom. The molecule has 0 fully saturated rings. The quantitative estimate of drug-likeness (QED) is 0.482. The molecule has 104 valence electrons. The number of hydrogen-bond donors (Lipinski definition) is 0. The highest BCUT2D eigenvalue weighted by molar-refractivity contribution is 6.34. The van der Waals surface area contributed by atoms with Crippen molar-refractivity contribution >= 4 is 23.2 Å². The lowest BCUT2D eigenvalue weighted by atomic mass is 10.1. The number of nitrogens with zero attached hydrogens (tertiary/aromatic N) is 2. The van der Waals surface area contributed by atoms with Crippen molar-refractivity contribution in [2.24, 2.45) is 0 Å². The number of nitro benzene ring substituents is 1. The second-order valence-corrected chi connectivity index (χ2v) is 4.72. The van der Waals surface area contributed by atoms with Gasteiger partial charge in [0.15, 0.2) is 0 Å². The van der Waals surface area contributed by atoms with Gasteiger partial charge in [0.25, 0.3) is 17.5 Å². The minimum absolute atomic E-state index is 0.121. The molecule has 2 aromatic rings. The number of amides is 2. The topological polar surface area (TPSA) is 80.5 Å². The molecule has 0 saturated carbocycles. The summed E-state index contributed by atoms with van der Waals surface area (Å²) in [5.74, 6) is -0.928. The molecule has 0 atom stereocenters. The summed E-state index contributed by atoms with van der Waals surface area (Å²) in [6, 6.07) is 10.8. The van der Waals surface area contributed by atoms with E-state index in [4.69, 9.17) is 0 Å². The van der Waals surface area contributed by atoms with Gasteiger partial charge in [-0.05, 0) is 25.1 Å². The van der Waals surface area contributed by atoms with Crippen LogP contribution in [0.4, 0.5) is 11.4 Å². The molecule has 3 rings (SSSR count). The van der Waals surface area contributed by atoms with Gasteiger partial charge in [-0.3, -0.25) is 19.7 Å². The number of rotatable bonds is 2. The van der Waals surface area contributed by atoms with Gasteiger partial charge in [-0.25, -0.2) is 4.90 Å². The van der Waals surface area contributed by atoms with E-state index in [-0.39, 0.29) is 11.4 Å². The molecule has 1 heterocycles. The van der Waals surface area contributed by atoms with Crippen molar-refractivity contribution in [3.05, 3.63) is 69.3 Å². The number of anilines is 1. The zero-order chi connectivity index (χ0) is 15.1. The van der Waals surface area contributed by atoms with Gasteiger partial charge in [-0.2, -0.15) is 0 Å². The summed E-state index contributed by atoms with van der Waals surface area (Å²) in [6.45, 7) is 1.60. The van der Waals surface area contributed by atoms with Crippen LogP contribution < -0.4 is 4.90 Å². The fraction of sp³-hybridized carbons (Fsp3) is 0.0667. The van der Waals surface area contributed by atoms with Crippen molar-refractivity contribution in [2.75, 3.05) is 4.90 Å². The van der Waals surface area contributed by atoms with E-state index in [2.05, 4.69) is 0 Å². The lowest BCUT2D eigenvalue weighted by Gasteiger charge is -2.14. The first-order valence-electron chi connectivity index (χ1n) is 6.23. The van der Waals surface area contributed by atoms with Crippen LogP contribution in [0.1, 0.15) is 26.3 Å². The maximum atomic E-state index is 12.3. The van der Waals surface area contributed by atoms with E-state index in [9.17, 15) is 19.7 Å². The number of benzene rings is 2. The number of imide groups is 1. The van der Waals surface area contributed by atoms with Crippen molar-refractivity contribution in [1.82, 2.24) is 0 Å². The van der Waals surface area contributed by atoms with E-state index < -0.39 is 16.7 Å². The molecule has 6 nitrogen and oxygen atoms in total. The maximum Gasteiger partial charge on any atom is 0.274 e. The first kappa shape index (κ1) is 13.0. The first-order chi connectivity index (χ1) is 10.0. The molecule has 0 spiro atoms. The smallest absolute Gasteiger partial charge is 0.268 e. The Kier molecular flexibility index (Phi) is 2.79. The molecule has 1 aliphatic rings. The fourth-order valence-electron chi connectivity index (χ4n) is 2.36. The summed E-state index contributed by atoms with van der Waals surface area (Å²) < 4.78 is 0. The highest BCUT2D eigenvalue weighted by Crippen LogP contribution is 2.31. The van der Waals surface area contributed by atoms with Crippen LogP contribution >= 0.6 is 0 Å². The molecule has 0 aliphatic carbocycles. The third kappa shape index (κ3) is 1.88. The van der Waals surface area contributed by atoms with Gasteiger partial charge >= 0.3 is 0 Å². The number of nitro groups is 1. The summed E-state index contributed by atoms with van der Waals surface area (Å²) in [4.78, 5) is 36.0. The molecule has 0 unspecified atom stereocenters. The number of hydrogen-bond acceptors (Lipinski definition) is 4. The van der Waals surface area contributed by atoms with Crippen LogP contribution in [-0.4, -0.2) is 16.7 Å². The molecule has 21 heavy (non-hydrogen) atoms. The van der Waals surface area contributed by atoms with Crippen LogP contribution in [0, 0.1) is 17.0 Å². The van der Waals surface area contributed by atoms with Crippen molar-refractivity contribution in [2.45, 2.75) is 6.92 Å². The molecule has 2 amide bonds. The third-order valence-electron chi connectivity index (χ3n) is 3.44. The Morgan fingerprint density at radius 3 is 2.10 bits per heavy atom. The average molecular weight is 282 g/mol. The lowest BCUT2D eigenvalue weighted by molar-refractivity contribution is -0.385. The van der Waals surface area contributed by atoms with Gasteiger partial charge in [0.2, 0.25) is 0 Å². The van der Waals surface area contributed by atoms with Crippen molar-refractivity contribution in [1.29, 1.82) is 0 Å². The SMILES string of the molecule is Cc1ccc(N2C(=O)c3ccccc3C2=O)cc1[N+](=O)[O-]. The second kappa shape index (κ2) is 4.52. The number of carbonyl (C=O) groups excluding carboxylic acids is 2. The van der Waals surface area contributed by atoms with E-state index in [1.165, 1.54) is 18.2 Å². The second-order valence-electron chi connectivity index (χ2n) is 4.72. The largest absolute Gasteiger partial charge is 0.274 e. The van der Waals surface area contributed by atoms with Crippen molar-refractivity contribution in [3.63, 3.8) is 0 Å². The summed E-state index contributed by atoms with van der Waals surface area (Å²) in [5, 5.41) is 11.0. The van der Waals surface area contributed by atoms with Crippen molar-refractivity contribution < 1.29 is 14.5 Å². The zero-order valence-corrected chi connectivity index (χ0v) is 11.1. The molecule has 0 N–H and O–H groups in total. The Hall–Kier alpha value is -3.02. The highest BCUT2D eigenvalue weighted by atomic mass is 16.6. The lowest BCUT2D eigenvalue weighted by Crippen LogP contribution is -2.29. The molecule has 2 aromatic carbocycles. The first-order valence-corrected chi connectivity index (χ1v) is 6.23. The fourth-order valence-corrected chi connectivity index (χ4v) is 2.36. The van der Waals surface area contributed by atoms with Gasteiger partial charge in [-0.15, -0.1) is 0 Å². The predicted molar refractivity (Wildman–Crippen MR) is 75.4 cm³/mol. The molecule has 1 aliphatic heterocycles. The molecule has 0 bridgehead atoms. The van der Waals surface area contributed by atoms with Crippen LogP contribution in [0.5, 0.6) is 0 Å². The normalized spacial score (nSPS) is 13.5. The monoisotopic (exact) mass is 282 g/mol. The molecule has 0 aromatic heterocycles. The van der Waals surface area contributed by atoms with E-state index >= 15 is 0 Å². The van der Waals surface area contributed by atoms with E-state index in [0.29, 0.717) is 16.7 Å². The van der Waals surface area contributed by atoms with Gasteiger partial charge < -0.3 is 0 Å². The Bertz CT molecular complexity index is 763. The Morgan fingerprint density at radius 2 is 1.57 bits per heavy atom. The predicted octanol–water partition coefficient (Wildman–Crippen LogP) is 2.70. The zero-order valence-electron chi connectivity index (χ0n) is 11.1. The van der Waals surface area contributed by atoms with Crippen LogP contribution in [0.15, 0.2) is 42.5 Å². The highest BCUT2D eigenvalue weighted by Gasteiger charge is 2.36. The molecule has 0 saturated heterocycles. The standard InChI is InChI=1S/C15H10N2O4/c1-9-6-7-10(8-13(9)17(20)21)16-14(18)11-4-2-3-5-12(11)15(16)19/h2-8H,1H3. The van der Waals surface area contributed by atoms with Crippen LogP contribution in [0.2, 0.25) is 0 Å². The number of fused-ring (bicyclic) bond motifs is 1. The van der Waals surface area contributed by atoms with E-state index in [0.717, 1.165) is 4.90 Å². The van der Waals surface area contributed by atoms with Crippen molar-refractivity contribution in [3.8, 4) is 0 Å². The maximum absolute atomic E-state index is 12.3. The summed E-state index contributed by atoms with van der Waals surface area (Å²) >= 11 is 0. The average Bonchev–Trinajstić information content (AvgIpc) is 2.72. The molecular formula is C15H10N2O4.